The molecule has 0 radical (unpaired) electrons. The van der Waals surface area contributed by atoms with E-state index in [0.29, 0.717) is 13.0 Å². The van der Waals surface area contributed by atoms with Crippen molar-refractivity contribution in [1.82, 2.24) is 14.9 Å². The highest BCUT2D eigenvalue weighted by Crippen LogP contribution is 2.38. The van der Waals surface area contributed by atoms with Crippen molar-refractivity contribution in [1.29, 1.82) is 0 Å². The van der Waals surface area contributed by atoms with E-state index in [2.05, 4.69) is 52.1 Å². The van der Waals surface area contributed by atoms with Gasteiger partial charge in [-0.05, 0) is 50.8 Å². The largest absolute Gasteiger partial charge is 0.350 e. The van der Waals surface area contributed by atoms with Gasteiger partial charge in [0.2, 0.25) is 5.91 Å². The van der Waals surface area contributed by atoms with Crippen molar-refractivity contribution in [3.8, 4) is 0 Å². The summed E-state index contributed by atoms with van der Waals surface area (Å²) in [7, 11) is 0. The first-order valence-corrected chi connectivity index (χ1v) is 9.33. The molecule has 4 nitrogen and oxygen atoms in total. The number of aromatic nitrogens is 2. The van der Waals surface area contributed by atoms with Gasteiger partial charge in [0, 0.05) is 18.5 Å². The second-order valence-corrected chi connectivity index (χ2v) is 7.54. The molecule has 134 valence electrons. The number of carbonyl (C=O) groups excluding carboxylic acids is 1. The lowest BCUT2D eigenvalue weighted by Crippen LogP contribution is -2.38. The molecule has 0 bridgehead atoms. The maximum Gasteiger partial charge on any atom is 0.222 e. The van der Waals surface area contributed by atoms with Crippen molar-refractivity contribution in [2.45, 2.75) is 51.6 Å². The summed E-state index contributed by atoms with van der Waals surface area (Å²) in [4.78, 5) is 17.1. The van der Waals surface area contributed by atoms with Gasteiger partial charge < -0.3 is 9.88 Å². The molecule has 0 saturated heterocycles. The highest BCUT2D eigenvalue weighted by atomic mass is 16.1. The van der Waals surface area contributed by atoms with Crippen LogP contribution in [0.25, 0.3) is 11.0 Å². The lowest BCUT2D eigenvalue weighted by molar-refractivity contribution is -0.122. The van der Waals surface area contributed by atoms with E-state index in [4.69, 9.17) is 0 Å². The minimum atomic E-state index is -0.0308. The summed E-state index contributed by atoms with van der Waals surface area (Å²) in [6.45, 7) is 4.77. The summed E-state index contributed by atoms with van der Waals surface area (Å²) in [5, 5.41) is 3.29. The molecule has 1 aromatic heterocycles. The normalized spacial score (nSPS) is 15.2. The van der Waals surface area contributed by atoms with Crippen LogP contribution in [-0.4, -0.2) is 21.0 Å². The number of imidazole rings is 1. The average molecular weight is 347 g/mol. The molecule has 1 heterocycles. The molecule has 1 fully saturated rings. The van der Waals surface area contributed by atoms with Crippen molar-refractivity contribution in [2.75, 3.05) is 0 Å². The summed E-state index contributed by atoms with van der Waals surface area (Å²) in [6, 6.07) is 16.7. The van der Waals surface area contributed by atoms with Crippen LogP contribution >= 0.6 is 0 Å². The zero-order valence-corrected chi connectivity index (χ0v) is 15.5. The van der Waals surface area contributed by atoms with Crippen LogP contribution < -0.4 is 5.32 Å². The molecular weight excluding hydrogens is 322 g/mol. The van der Waals surface area contributed by atoms with E-state index >= 15 is 0 Å². The second-order valence-electron chi connectivity index (χ2n) is 7.54. The number of amides is 1. The van der Waals surface area contributed by atoms with Gasteiger partial charge in [-0.1, -0.05) is 42.0 Å². The Morgan fingerprint density at radius 2 is 1.96 bits per heavy atom. The quantitative estimate of drug-likeness (QED) is 0.734. The smallest absolute Gasteiger partial charge is 0.222 e. The van der Waals surface area contributed by atoms with E-state index in [1.807, 2.05) is 25.1 Å². The van der Waals surface area contributed by atoms with Gasteiger partial charge in [0.25, 0.3) is 0 Å². The molecule has 0 unspecified atom stereocenters. The minimum absolute atomic E-state index is 0.0308. The van der Waals surface area contributed by atoms with E-state index in [0.717, 1.165) is 36.1 Å². The van der Waals surface area contributed by atoms with Crippen molar-refractivity contribution < 1.29 is 4.79 Å². The molecule has 26 heavy (non-hydrogen) atoms. The van der Waals surface area contributed by atoms with Gasteiger partial charge in [-0.25, -0.2) is 4.98 Å². The number of benzene rings is 2. The van der Waals surface area contributed by atoms with E-state index in [1.165, 1.54) is 11.1 Å². The van der Waals surface area contributed by atoms with Crippen LogP contribution in [0, 0.1) is 13.8 Å². The van der Waals surface area contributed by atoms with Crippen LogP contribution in [-0.2, 0) is 17.8 Å². The third kappa shape index (κ3) is 3.50. The van der Waals surface area contributed by atoms with Crippen LogP contribution in [0.15, 0.2) is 48.5 Å². The van der Waals surface area contributed by atoms with Crippen LogP contribution in [0.2, 0.25) is 0 Å². The van der Waals surface area contributed by atoms with E-state index in [1.54, 1.807) is 0 Å². The maximum absolute atomic E-state index is 12.6. The predicted octanol–water partition coefficient (Wildman–Crippen LogP) is 3.93. The lowest BCUT2D eigenvalue weighted by atomic mass is 10.0. The number of fused-ring (bicyclic) bond motifs is 1. The number of nitrogens with zero attached hydrogens (tertiary/aromatic N) is 2. The molecule has 1 amide bonds. The summed E-state index contributed by atoms with van der Waals surface area (Å²) in [5.74, 6) is 1.09. The third-order valence-electron chi connectivity index (χ3n) is 5.29. The molecule has 4 rings (SSSR count). The van der Waals surface area contributed by atoms with Crippen molar-refractivity contribution in [3.63, 3.8) is 0 Å². The van der Waals surface area contributed by atoms with Gasteiger partial charge >= 0.3 is 0 Å². The Hall–Kier alpha value is -2.62. The molecule has 0 atom stereocenters. The molecular formula is C22H25N3O. The molecule has 0 spiro atoms. The number of hydrogen-bond donors (Lipinski definition) is 1. The Morgan fingerprint density at radius 3 is 2.73 bits per heavy atom. The molecule has 2 aromatic carbocycles. The monoisotopic (exact) mass is 347 g/mol. The zero-order chi connectivity index (χ0) is 18.1. The fourth-order valence-electron chi connectivity index (χ4n) is 3.76. The summed E-state index contributed by atoms with van der Waals surface area (Å²) in [6.07, 6.45) is 3.55. The standard InChI is InChI=1S/C22H25N3O/c1-16-6-5-7-18(14-16)15-22(11-12-22)24-21(26)10-13-25-17(2)23-19-8-3-4-9-20(19)25/h3-9,14H,10-13,15H2,1-2H3,(H,24,26). The SMILES string of the molecule is Cc1cccc(CC2(NC(=O)CCn3c(C)nc4ccccc43)CC2)c1. The molecule has 1 saturated carbocycles. The summed E-state index contributed by atoms with van der Waals surface area (Å²) < 4.78 is 2.13. The Kier molecular flexibility index (Phi) is 4.27. The first kappa shape index (κ1) is 16.8. The van der Waals surface area contributed by atoms with Gasteiger partial charge in [0.05, 0.1) is 11.0 Å². The highest BCUT2D eigenvalue weighted by molar-refractivity contribution is 5.78. The summed E-state index contributed by atoms with van der Waals surface area (Å²) in [5.41, 5.74) is 4.63. The molecule has 1 aliphatic carbocycles. The van der Waals surface area contributed by atoms with E-state index < -0.39 is 0 Å². The lowest BCUT2D eigenvalue weighted by Gasteiger charge is -2.18. The minimum Gasteiger partial charge on any atom is -0.350 e. The topological polar surface area (TPSA) is 46.9 Å². The number of nitrogens with one attached hydrogen (secondary N) is 1. The number of aryl methyl sites for hydroxylation is 3. The highest BCUT2D eigenvalue weighted by Gasteiger charge is 2.43. The number of carbonyl (C=O) groups is 1. The Morgan fingerprint density at radius 1 is 1.15 bits per heavy atom. The number of hydrogen-bond acceptors (Lipinski definition) is 2. The zero-order valence-electron chi connectivity index (χ0n) is 15.5. The first-order chi connectivity index (χ1) is 12.5. The molecule has 1 aliphatic rings. The van der Waals surface area contributed by atoms with Crippen LogP contribution in [0.3, 0.4) is 0 Å². The van der Waals surface area contributed by atoms with E-state index in [9.17, 15) is 4.79 Å². The first-order valence-electron chi connectivity index (χ1n) is 9.33. The van der Waals surface area contributed by atoms with Gasteiger partial charge in [-0.3, -0.25) is 4.79 Å². The van der Waals surface area contributed by atoms with Gasteiger partial charge in [0.15, 0.2) is 0 Å². The van der Waals surface area contributed by atoms with Gasteiger partial charge in [-0.2, -0.15) is 0 Å². The van der Waals surface area contributed by atoms with Crippen molar-refractivity contribution in [2.24, 2.45) is 0 Å². The number of rotatable bonds is 6. The molecule has 4 heteroatoms. The predicted molar refractivity (Wildman–Crippen MR) is 104 cm³/mol. The van der Waals surface area contributed by atoms with Crippen LogP contribution in [0.1, 0.15) is 36.2 Å². The molecule has 3 aromatic rings. The average Bonchev–Trinajstić information content (AvgIpc) is 3.26. The number of para-hydroxylation sites is 2. The third-order valence-corrected chi connectivity index (χ3v) is 5.29. The van der Waals surface area contributed by atoms with Gasteiger partial charge in [-0.15, -0.1) is 0 Å². The Bertz CT molecular complexity index is 953. The van der Waals surface area contributed by atoms with Crippen molar-refractivity contribution in [3.05, 3.63) is 65.5 Å². The fraction of sp³-hybridized carbons (Fsp3) is 0.364. The van der Waals surface area contributed by atoms with Crippen molar-refractivity contribution >= 4 is 16.9 Å². The van der Waals surface area contributed by atoms with Gasteiger partial charge in [0.1, 0.15) is 5.82 Å². The van der Waals surface area contributed by atoms with Crippen LogP contribution in [0.4, 0.5) is 0 Å². The summed E-state index contributed by atoms with van der Waals surface area (Å²) >= 11 is 0. The molecule has 0 aliphatic heterocycles. The van der Waals surface area contributed by atoms with E-state index in [-0.39, 0.29) is 11.4 Å². The molecule has 1 N–H and O–H groups in total. The Balaban J connectivity index is 1.39. The Labute approximate surface area is 154 Å². The van der Waals surface area contributed by atoms with Crippen LogP contribution in [0.5, 0.6) is 0 Å². The second kappa shape index (κ2) is 6.60. The maximum atomic E-state index is 12.6. The fourth-order valence-corrected chi connectivity index (χ4v) is 3.76.